The molecule has 0 atom stereocenters. The van der Waals surface area contributed by atoms with Crippen LogP contribution in [-0.4, -0.2) is 8.42 Å². The summed E-state index contributed by atoms with van der Waals surface area (Å²) in [4.78, 5) is 0. The Hall–Kier alpha value is -0.760. The van der Waals surface area contributed by atoms with E-state index in [0.717, 1.165) is 20.7 Å². The van der Waals surface area contributed by atoms with Gasteiger partial charge in [-0.1, -0.05) is 11.6 Å². The molecule has 8 heteroatoms. The molecule has 102 valence electrons. The third kappa shape index (κ3) is 3.22. The van der Waals surface area contributed by atoms with Crippen LogP contribution in [0.1, 0.15) is 5.56 Å². The van der Waals surface area contributed by atoms with Crippen LogP contribution in [0.25, 0.3) is 0 Å². The molecular weight excluding hydrogens is 372 g/mol. The number of sulfonamides is 1. The van der Waals surface area contributed by atoms with Gasteiger partial charge >= 0.3 is 0 Å². The highest BCUT2D eigenvalue weighted by Crippen LogP contribution is 2.32. The highest BCUT2D eigenvalue weighted by molar-refractivity contribution is 9.11. The first kappa shape index (κ1) is 14.6. The Balaban J connectivity index is 2.36. The molecule has 3 N–H and O–H groups in total. The fourth-order valence-corrected chi connectivity index (χ4v) is 4.88. The molecule has 0 fully saturated rings. The van der Waals surface area contributed by atoms with Crippen molar-refractivity contribution < 1.29 is 8.42 Å². The van der Waals surface area contributed by atoms with E-state index in [1.54, 1.807) is 12.1 Å². The van der Waals surface area contributed by atoms with Gasteiger partial charge in [0.25, 0.3) is 10.0 Å². The molecule has 2 aromatic rings. The van der Waals surface area contributed by atoms with E-state index >= 15 is 0 Å². The SMILES string of the molecule is Cc1cc(S(=O)(=O)Nc2ccc(Cl)cc2N)sc1Br. The van der Waals surface area contributed by atoms with Gasteiger partial charge < -0.3 is 5.73 Å². The minimum atomic E-state index is -3.63. The maximum absolute atomic E-state index is 12.2. The average molecular weight is 382 g/mol. The number of nitrogen functional groups attached to an aromatic ring is 1. The van der Waals surface area contributed by atoms with Crippen molar-refractivity contribution in [3.8, 4) is 0 Å². The molecule has 0 spiro atoms. The minimum absolute atomic E-state index is 0.228. The molecule has 0 radical (unpaired) electrons. The Kier molecular flexibility index (Phi) is 4.10. The van der Waals surface area contributed by atoms with Crippen LogP contribution < -0.4 is 10.5 Å². The highest BCUT2D eigenvalue weighted by Gasteiger charge is 2.19. The van der Waals surface area contributed by atoms with Crippen LogP contribution in [0, 0.1) is 6.92 Å². The van der Waals surface area contributed by atoms with Gasteiger partial charge in [0.2, 0.25) is 0 Å². The molecule has 0 aliphatic carbocycles. The van der Waals surface area contributed by atoms with Gasteiger partial charge in [0.05, 0.1) is 15.2 Å². The Morgan fingerprint density at radius 3 is 2.58 bits per heavy atom. The molecular formula is C11H10BrClN2O2S2. The van der Waals surface area contributed by atoms with Crippen LogP contribution >= 0.6 is 38.9 Å². The van der Waals surface area contributed by atoms with Gasteiger partial charge in [0.15, 0.2) is 0 Å². The van der Waals surface area contributed by atoms with Crippen molar-refractivity contribution in [2.75, 3.05) is 10.5 Å². The third-order valence-corrected chi connectivity index (χ3v) is 6.57. The molecule has 1 aromatic carbocycles. The van der Waals surface area contributed by atoms with Gasteiger partial charge in [-0.2, -0.15) is 0 Å². The van der Waals surface area contributed by atoms with Crippen molar-refractivity contribution in [3.63, 3.8) is 0 Å². The molecule has 1 aromatic heterocycles. The van der Waals surface area contributed by atoms with E-state index in [0.29, 0.717) is 10.7 Å². The zero-order valence-corrected chi connectivity index (χ0v) is 13.8. The summed E-state index contributed by atoms with van der Waals surface area (Å²) in [7, 11) is -3.63. The summed E-state index contributed by atoms with van der Waals surface area (Å²) in [6.07, 6.45) is 0. The summed E-state index contributed by atoms with van der Waals surface area (Å²) < 4.78 is 27.9. The number of halogens is 2. The van der Waals surface area contributed by atoms with E-state index in [-0.39, 0.29) is 9.90 Å². The van der Waals surface area contributed by atoms with E-state index in [9.17, 15) is 8.42 Å². The lowest BCUT2D eigenvalue weighted by Gasteiger charge is -2.09. The molecule has 0 aliphatic heterocycles. The van der Waals surface area contributed by atoms with Crippen LogP contribution in [0.15, 0.2) is 32.3 Å². The average Bonchev–Trinajstić information content (AvgIpc) is 2.64. The first-order valence-corrected chi connectivity index (χ1v) is 8.60. The van der Waals surface area contributed by atoms with Crippen LogP contribution in [0.5, 0.6) is 0 Å². The van der Waals surface area contributed by atoms with E-state index in [1.807, 2.05) is 6.92 Å². The van der Waals surface area contributed by atoms with Gasteiger partial charge in [-0.05, 0) is 52.7 Å². The first-order valence-electron chi connectivity index (χ1n) is 5.13. The zero-order chi connectivity index (χ0) is 14.2. The largest absolute Gasteiger partial charge is 0.397 e. The van der Waals surface area contributed by atoms with Crippen molar-refractivity contribution in [1.82, 2.24) is 0 Å². The van der Waals surface area contributed by atoms with E-state index in [4.69, 9.17) is 17.3 Å². The molecule has 19 heavy (non-hydrogen) atoms. The maximum Gasteiger partial charge on any atom is 0.271 e. The van der Waals surface area contributed by atoms with Crippen molar-refractivity contribution in [2.24, 2.45) is 0 Å². The predicted molar refractivity (Wildman–Crippen MR) is 83.4 cm³/mol. The summed E-state index contributed by atoms with van der Waals surface area (Å²) in [5.41, 5.74) is 7.19. The molecule has 0 saturated heterocycles. The Bertz CT molecular complexity index is 709. The van der Waals surface area contributed by atoms with E-state index in [2.05, 4.69) is 20.7 Å². The van der Waals surface area contributed by atoms with Gasteiger partial charge in [-0.3, -0.25) is 4.72 Å². The van der Waals surface area contributed by atoms with Crippen molar-refractivity contribution in [1.29, 1.82) is 0 Å². The number of nitrogens with one attached hydrogen (secondary N) is 1. The number of anilines is 2. The normalized spacial score (nSPS) is 11.5. The van der Waals surface area contributed by atoms with Crippen LogP contribution in [0.2, 0.25) is 5.02 Å². The van der Waals surface area contributed by atoms with Gasteiger partial charge in [0.1, 0.15) is 4.21 Å². The predicted octanol–water partition coefficient (Wildman–Crippen LogP) is 3.86. The highest BCUT2D eigenvalue weighted by atomic mass is 79.9. The lowest BCUT2D eigenvalue weighted by atomic mass is 10.3. The van der Waals surface area contributed by atoms with Gasteiger partial charge in [-0.25, -0.2) is 8.42 Å². The summed E-state index contributed by atoms with van der Waals surface area (Å²) in [5.74, 6) is 0. The fraction of sp³-hybridized carbons (Fsp3) is 0.0909. The summed E-state index contributed by atoms with van der Waals surface area (Å²) in [5, 5.41) is 0.454. The summed E-state index contributed by atoms with van der Waals surface area (Å²) in [6.45, 7) is 1.83. The maximum atomic E-state index is 12.2. The van der Waals surface area contributed by atoms with Crippen molar-refractivity contribution >= 4 is 60.3 Å². The topological polar surface area (TPSA) is 72.2 Å². The van der Waals surface area contributed by atoms with E-state index in [1.165, 1.54) is 12.1 Å². The third-order valence-electron chi connectivity index (χ3n) is 2.36. The molecule has 0 saturated carbocycles. The number of nitrogens with two attached hydrogens (primary N) is 1. The smallest absolute Gasteiger partial charge is 0.271 e. The van der Waals surface area contributed by atoms with Crippen LogP contribution in [-0.2, 0) is 10.0 Å². The van der Waals surface area contributed by atoms with Gasteiger partial charge in [0, 0.05) is 5.02 Å². The molecule has 0 unspecified atom stereocenters. The fourth-order valence-electron chi connectivity index (χ4n) is 1.39. The zero-order valence-electron chi connectivity index (χ0n) is 9.78. The summed E-state index contributed by atoms with van der Waals surface area (Å²) in [6, 6.07) is 6.20. The van der Waals surface area contributed by atoms with Gasteiger partial charge in [-0.15, -0.1) is 11.3 Å². The second kappa shape index (κ2) is 5.32. The molecule has 0 bridgehead atoms. The first-order chi connectivity index (χ1) is 8.79. The standard InChI is InChI=1S/C11H10BrClN2O2S2/c1-6-4-10(18-11(6)12)19(16,17)15-9-3-2-7(13)5-8(9)14/h2-5,15H,14H2,1H3. The Morgan fingerprint density at radius 1 is 1.37 bits per heavy atom. The minimum Gasteiger partial charge on any atom is -0.397 e. The number of benzene rings is 1. The second-order valence-electron chi connectivity index (χ2n) is 3.86. The molecule has 2 rings (SSSR count). The molecule has 4 nitrogen and oxygen atoms in total. The van der Waals surface area contributed by atoms with Crippen LogP contribution in [0.4, 0.5) is 11.4 Å². The number of aryl methyl sites for hydroxylation is 1. The van der Waals surface area contributed by atoms with Crippen LogP contribution in [0.3, 0.4) is 0 Å². The van der Waals surface area contributed by atoms with Crippen molar-refractivity contribution in [3.05, 3.63) is 38.6 Å². The molecule has 0 aliphatic rings. The number of thiophene rings is 1. The lowest BCUT2D eigenvalue weighted by molar-refractivity contribution is 0.603. The lowest BCUT2D eigenvalue weighted by Crippen LogP contribution is -2.12. The number of rotatable bonds is 3. The number of hydrogen-bond donors (Lipinski definition) is 2. The quantitative estimate of drug-likeness (QED) is 0.793. The van der Waals surface area contributed by atoms with Crippen molar-refractivity contribution in [2.45, 2.75) is 11.1 Å². The Labute approximate surface area is 128 Å². The Morgan fingerprint density at radius 2 is 2.05 bits per heavy atom. The molecule has 1 heterocycles. The molecule has 0 amide bonds. The number of hydrogen-bond acceptors (Lipinski definition) is 4. The van der Waals surface area contributed by atoms with E-state index < -0.39 is 10.0 Å². The summed E-state index contributed by atoms with van der Waals surface area (Å²) >= 11 is 10.2. The monoisotopic (exact) mass is 380 g/mol. The second-order valence-corrected chi connectivity index (χ2v) is 8.58.